The van der Waals surface area contributed by atoms with Gasteiger partial charge in [0.1, 0.15) is 5.82 Å². The summed E-state index contributed by atoms with van der Waals surface area (Å²) in [6.07, 6.45) is 1.69. The Labute approximate surface area is 98.7 Å². The number of anilines is 1. The number of hydrogen-bond donors (Lipinski definition) is 1. The van der Waals surface area contributed by atoms with Gasteiger partial charge < -0.3 is 5.73 Å². The Morgan fingerprint density at radius 2 is 1.88 bits per heavy atom. The summed E-state index contributed by atoms with van der Waals surface area (Å²) in [5, 5.41) is 4.10. The van der Waals surface area contributed by atoms with E-state index >= 15 is 0 Å². The van der Waals surface area contributed by atoms with Crippen molar-refractivity contribution >= 4 is 11.5 Å². The van der Waals surface area contributed by atoms with Gasteiger partial charge in [0.2, 0.25) is 0 Å². The molecule has 84 valence electrons. The van der Waals surface area contributed by atoms with Crippen LogP contribution in [0, 0.1) is 6.92 Å². The van der Waals surface area contributed by atoms with Gasteiger partial charge in [-0.3, -0.25) is 0 Å². The summed E-state index contributed by atoms with van der Waals surface area (Å²) in [7, 11) is 0. The van der Waals surface area contributed by atoms with E-state index in [1.165, 1.54) is 5.56 Å². The largest absolute Gasteiger partial charge is 0.384 e. The third kappa shape index (κ3) is 1.63. The number of nitrogens with two attached hydrogens (primary N) is 1. The van der Waals surface area contributed by atoms with Crippen molar-refractivity contribution < 1.29 is 0 Å². The zero-order chi connectivity index (χ0) is 11.8. The van der Waals surface area contributed by atoms with Crippen LogP contribution in [-0.4, -0.2) is 14.6 Å². The van der Waals surface area contributed by atoms with E-state index in [1.807, 2.05) is 24.3 Å². The second-order valence-electron chi connectivity index (χ2n) is 4.03. The maximum atomic E-state index is 5.93. The molecule has 0 radical (unpaired) electrons. The second kappa shape index (κ2) is 3.59. The Bertz CT molecular complexity index is 667. The maximum absolute atomic E-state index is 5.93. The average Bonchev–Trinajstić information content (AvgIpc) is 2.78. The molecule has 0 atom stereocenters. The Balaban J connectivity index is 2.20. The first-order valence-electron chi connectivity index (χ1n) is 5.41. The van der Waals surface area contributed by atoms with Gasteiger partial charge in [-0.25, -0.2) is 4.98 Å². The molecule has 2 N–H and O–H groups in total. The molecule has 0 bridgehead atoms. The summed E-state index contributed by atoms with van der Waals surface area (Å²) in [4.78, 5) is 4.52. The number of nitrogens with zero attached hydrogens (tertiary/aromatic N) is 3. The molecule has 0 spiro atoms. The molecule has 4 nitrogen and oxygen atoms in total. The van der Waals surface area contributed by atoms with Gasteiger partial charge >= 0.3 is 0 Å². The third-order valence-electron chi connectivity index (χ3n) is 2.73. The monoisotopic (exact) mass is 224 g/mol. The van der Waals surface area contributed by atoms with E-state index in [2.05, 4.69) is 29.1 Å². The number of aromatic nitrogens is 3. The first-order valence-corrected chi connectivity index (χ1v) is 5.41. The summed E-state index contributed by atoms with van der Waals surface area (Å²) in [6.45, 7) is 2.06. The van der Waals surface area contributed by atoms with Gasteiger partial charge in [0.25, 0.3) is 0 Å². The number of hydrogen-bond acceptors (Lipinski definition) is 3. The Kier molecular flexibility index (Phi) is 2.08. The van der Waals surface area contributed by atoms with Crippen LogP contribution in [0.2, 0.25) is 0 Å². The van der Waals surface area contributed by atoms with Crippen LogP contribution in [0.15, 0.2) is 42.6 Å². The quantitative estimate of drug-likeness (QED) is 0.690. The zero-order valence-corrected chi connectivity index (χ0v) is 9.46. The minimum Gasteiger partial charge on any atom is -0.384 e. The van der Waals surface area contributed by atoms with Gasteiger partial charge in [0.15, 0.2) is 5.65 Å². The van der Waals surface area contributed by atoms with Gasteiger partial charge in [-0.2, -0.15) is 9.61 Å². The Morgan fingerprint density at radius 1 is 1.12 bits per heavy atom. The van der Waals surface area contributed by atoms with Crippen LogP contribution >= 0.6 is 0 Å². The summed E-state index contributed by atoms with van der Waals surface area (Å²) >= 11 is 0. The lowest BCUT2D eigenvalue weighted by molar-refractivity contribution is 0.954. The molecule has 2 aromatic heterocycles. The summed E-state index contributed by atoms with van der Waals surface area (Å²) in [6, 6.07) is 11.9. The fraction of sp³-hybridized carbons (Fsp3) is 0.0769. The average molecular weight is 224 g/mol. The van der Waals surface area contributed by atoms with Crippen molar-refractivity contribution in [1.29, 1.82) is 0 Å². The number of aryl methyl sites for hydroxylation is 1. The zero-order valence-electron chi connectivity index (χ0n) is 9.46. The van der Waals surface area contributed by atoms with Crippen LogP contribution in [-0.2, 0) is 0 Å². The molecule has 4 heteroatoms. The molecule has 1 aromatic carbocycles. The van der Waals surface area contributed by atoms with E-state index < -0.39 is 0 Å². The van der Waals surface area contributed by atoms with Gasteiger partial charge in [-0.15, -0.1) is 0 Å². The molecule has 0 saturated carbocycles. The van der Waals surface area contributed by atoms with E-state index in [-0.39, 0.29) is 0 Å². The van der Waals surface area contributed by atoms with Gasteiger partial charge in [-0.1, -0.05) is 29.8 Å². The molecule has 0 fully saturated rings. The molecule has 0 aliphatic rings. The minimum atomic E-state index is 0.593. The first-order chi connectivity index (χ1) is 8.24. The minimum absolute atomic E-state index is 0.593. The Morgan fingerprint density at radius 3 is 2.65 bits per heavy atom. The number of nitrogen functional groups attached to an aromatic ring is 1. The molecule has 3 rings (SSSR count). The van der Waals surface area contributed by atoms with Crippen LogP contribution in [0.1, 0.15) is 5.56 Å². The molecular formula is C13H12N4. The number of rotatable bonds is 1. The molecule has 0 amide bonds. The van der Waals surface area contributed by atoms with Crippen molar-refractivity contribution in [3.63, 3.8) is 0 Å². The predicted molar refractivity (Wildman–Crippen MR) is 67.6 cm³/mol. The van der Waals surface area contributed by atoms with E-state index in [1.54, 1.807) is 10.7 Å². The van der Waals surface area contributed by atoms with Crippen molar-refractivity contribution in [2.24, 2.45) is 0 Å². The van der Waals surface area contributed by atoms with E-state index in [0.29, 0.717) is 5.82 Å². The molecular weight excluding hydrogens is 212 g/mol. The molecule has 17 heavy (non-hydrogen) atoms. The fourth-order valence-corrected chi connectivity index (χ4v) is 1.81. The number of benzene rings is 1. The topological polar surface area (TPSA) is 56.2 Å². The lowest BCUT2D eigenvalue weighted by Gasteiger charge is -2.04. The van der Waals surface area contributed by atoms with Gasteiger partial charge in [0, 0.05) is 17.7 Å². The van der Waals surface area contributed by atoms with Crippen molar-refractivity contribution in [1.82, 2.24) is 14.6 Å². The van der Waals surface area contributed by atoms with Crippen molar-refractivity contribution in [3.8, 4) is 11.3 Å². The second-order valence-corrected chi connectivity index (χ2v) is 4.03. The lowest BCUT2D eigenvalue weighted by Crippen LogP contribution is -2.00. The first kappa shape index (κ1) is 9.84. The van der Waals surface area contributed by atoms with Gasteiger partial charge in [0.05, 0.1) is 11.9 Å². The van der Waals surface area contributed by atoms with E-state index in [0.717, 1.165) is 16.9 Å². The van der Waals surface area contributed by atoms with Crippen LogP contribution in [0.5, 0.6) is 0 Å². The van der Waals surface area contributed by atoms with E-state index in [9.17, 15) is 0 Å². The molecule has 2 heterocycles. The van der Waals surface area contributed by atoms with Crippen LogP contribution < -0.4 is 5.73 Å². The van der Waals surface area contributed by atoms with Crippen LogP contribution in [0.4, 0.5) is 5.82 Å². The molecule has 0 aliphatic carbocycles. The molecule has 0 unspecified atom stereocenters. The normalized spacial score (nSPS) is 10.9. The standard InChI is InChI=1S/C13H12N4/c1-9-2-4-10(5-3-9)11-8-12(14)17-13(16-11)6-7-15-17/h2-8H,14H2,1H3. The summed E-state index contributed by atoms with van der Waals surface area (Å²) in [5.41, 5.74) is 9.85. The van der Waals surface area contributed by atoms with Gasteiger partial charge in [-0.05, 0) is 6.92 Å². The fourth-order valence-electron chi connectivity index (χ4n) is 1.81. The maximum Gasteiger partial charge on any atom is 0.157 e. The van der Waals surface area contributed by atoms with Crippen LogP contribution in [0.25, 0.3) is 16.9 Å². The molecule has 0 aliphatic heterocycles. The van der Waals surface area contributed by atoms with E-state index in [4.69, 9.17) is 5.73 Å². The number of fused-ring (bicyclic) bond motifs is 1. The predicted octanol–water partition coefficient (Wildman–Crippen LogP) is 2.29. The molecule has 0 saturated heterocycles. The van der Waals surface area contributed by atoms with Crippen molar-refractivity contribution in [2.45, 2.75) is 6.92 Å². The highest BCUT2D eigenvalue weighted by molar-refractivity contribution is 5.65. The smallest absolute Gasteiger partial charge is 0.157 e. The van der Waals surface area contributed by atoms with Crippen LogP contribution in [0.3, 0.4) is 0 Å². The SMILES string of the molecule is Cc1ccc(-c2cc(N)n3nccc3n2)cc1. The van der Waals surface area contributed by atoms with Crippen molar-refractivity contribution in [2.75, 3.05) is 5.73 Å². The third-order valence-corrected chi connectivity index (χ3v) is 2.73. The highest BCUT2D eigenvalue weighted by Crippen LogP contribution is 2.20. The van der Waals surface area contributed by atoms with Crippen molar-refractivity contribution in [3.05, 3.63) is 48.2 Å². The molecule has 3 aromatic rings. The summed E-state index contributed by atoms with van der Waals surface area (Å²) in [5.74, 6) is 0.593. The highest BCUT2D eigenvalue weighted by atomic mass is 15.3. The lowest BCUT2D eigenvalue weighted by atomic mass is 10.1. The summed E-state index contributed by atoms with van der Waals surface area (Å²) < 4.78 is 1.62. The highest BCUT2D eigenvalue weighted by Gasteiger charge is 2.05. The Hall–Kier alpha value is -2.36.